The number of carbonyl (C=O) groups excluding carboxylic acids is 2. The van der Waals surface area contributed by atoms with Crippen molar-refractivity contribution in [3.63, 3.8) is 0 Å². The van der Waals surface area contributed by atoms with E-state index in [4.69, 9.17) is 9.47 Å². The van der Waals surface area contributed by atoms with E-state index in [9.17, 15) is 9.59 Å². The van der Waals surface area contributed by atoms with E-state index in [2.05, 4.69) is 0 Å². The highest BCUT2D eigenvalue weighted by Crippen LogP contribution is 2.43. The maximum absolute atomic E-state index is 12.9. The highest BCUT2D eigenvalue weighted by molar-refractivity contribution is 6.14. The maximum Gasteiger partial charge on any atom is 0.343 e. The van der Waals surface area contributed by atoms with Gasteiger partial charge in [0, 0.05) is 21.5 Å². The van der Waals surface area contributed by atoms with Crippen molar-refractivity contribution in [1.29, 1.82) is 0 Å². The molecule has 0 heterocycles. The Balaban J connectivity index is 1.70. The lowest BCUT2D eigenvalue weighted by atomic mass is 9.99. The van der Waals surface area contributed by atoms with Crippen LogP contribution in [0.5, 0.6) is 11.5 Å². The quantitative estimate of drug-likeness (QED) is 0.179. The van der Waals surface area contributed by atoms with Gasteiger partial charge in [-0.3, -0.25) is 0 Å². The van der Waals surface area contributed by atoms with Gasteiger partial charge < -0.3 is 9.47 Å². The zero-order valence-electron chi connectivity index (χ0n) is 17.9. The minimum absolute atomic E-state index is 0.439. The topological polar surface area (TPSA) is 52.6 Å². The minimum atomic E-state index is -0.448. The van der Waals surface area contributed by atoms with Crippen LogP contribution in [0.3, 0.4) is 0 Å². The number of fused-ring (bicyclic) bond motifs is 2. The molecule has 0 saturated heterocycles. The molecule has 5 aromatic carbocycles. The van der Waals surface area contributed by atoms with Crippen LogP contribution in [0.1, 0.15) is 26.3 Å². The summed E-state index contributed by atoms with van der Waals surface area (Å²) in [6.45, 7) is 1.97. The molecule has 0 radical (unpaired) electrons. The summed E-state index contributed by atoms with van der Waals surface area (Å²) >= 11 is 0. The van der Waals surface area contributed by atoms with Crippen molar-refractivity contribution in [2.45, 2.75) is 6.92 Å². The van der Waals surface area contributed by atoms with Gasteiger partial charge in [0.1, 0.15) is 11.5 Å². The average molecular weight is 432 g/mol. The summed E-state index contributed by atoms with van der Waals surface area (Å²) in [5.41, 5.74) is 1.92. The number of esters is 2. The van der Waals surface area contributed by atoms with Crippen molar-refractivity contribution in [3.05, 3.63) is 120 Å². The van der Waals surface area contributed by atoms with Crippen molar-refractivity contribution in [3.8, 4) is 11.5 Å². The third-order valence-corrected chi connectivity index (χ3v) is 5.49. The molecular weight excluding hydrogens is 412 g/mol. The molecule has 0 atom stereocenters. The van der Waals surface area contributed by atoms with Crippen LogP contribution in [0, 0.1) is 6.92 Å². The monoisotopic (exact) mass is 432 g/mol. The smallest absolute Gasteiger partial charge is 0.343 e. The zero-order chi connectivity index (χ0) is 22.8. The van der Waals surface area contributed by atoms with Gasteiger partial charge in [0.05, 0.1) is 11.1 Å². The largest absolute Gasteiger partial charge is 0.422 e. The van der Waals surface area contributed by atoms with Gasteiger partial charge in [-0.05, 0) is 37.3 Å². The van der Waals surface area contributed by atoms with Crippen molar-refractivity contribution >= 4 is 33.5 Å². The Morgan fingerprint density at radius 3 is 1.45 bits per heavy atom. The summed E-state index contributed by atoms with van der Waals surface area (Å²) in [7, 11) is 0. The van der Waals surface area contributed by atoms with Crippen LogP contribution >= 0.6 is 0 Å². The molecule has 160 valence electrons. The first-order valence-corrected chi connectivity index (χ1v) is 10.6. The molecule has 0 amide bonds. The minimum Gasteiger partial charge on any atom is -0.422 e. The molecule has 0 aliphatic rings. The molecule has 0 aromatic heterocycles. The van der Waals surface area contributed by atoms with E-state index in [-0.39, 0.29) is 0 Å². The first-order chi connectivity index (χ1) is 16.1. The van der Waals surface area contributed by atoms with Crippen LogP contribution in [0.2, 0.25) is 0 Å². The van der Waals surface area contributed by atoms with E-state index < -0.39 is 11.9 Å². The van der Waals surface area contributed by atoms with Gasteiger partial charge in [-0.1, -0.05) is 78.4 Å². The summed E-state index contributed by atoms with van der Waals surface area (Å²) in [6.07, 6.45) is 0. The number of hydrogen-bond acceptors (Lipinski definition) is 4. The first kappa shape index (κ1) is 20.5. The Morgan fingerprint density at radius 1 is 0.515 bits per heavy atom. The number of benzene rings is 5. The van der Waals surface area contributed by atoms with Gasteiger partial charge in [0.15, 0.2) is 0 Å². The number of aryl methyl sites for hydroxylation is 1. The molecule has 0 N–H and O–H groups in total. The van der Waals surface area contributed by atoms with Gasteiger partial charge in [-0.15, -0.1) is 0 Å². The van der Waals surface area contributed by atoms with E-state index in [1.807, 2.05) is 61.5 Å². The van der Waals surface area contributed by atoms with E-state index in [1.54, 1.807) is 48.5 Å². The third-order valence-electron chi connectivity index (χ3n) is 5.49. The van der Waals surface area contributed by atoms with Gasteiger partial charge >= 0.3 is 11.9 Å². The van der Waals surface area contributed by atoms with E-state index >= 15 is 0 Å². The molecule has 5 rings (SSSR count). The summed E-state index contributed by atoms with van der Waals surface area (Å²) in [6, 6.07) is 31.0. The van der Waals surface area contributed by atoms with Crippen LogP contribution in [0.25, 0.3) is 21.5 Å². The molecule has 4 nitrogen and oxygen atoms in total. The molecule has 4 heteroatoms. The summed E-state index contributed by atoms with van der Waals surface area (Å²) in [4.78, 5) is 25.8. The lowest BCUT2D eigenvalue weighted by Crippen LogP contribution is -2.11. The summed E-state index contributed by atoms with van der Waals surface area (Å²) in [5.74, 6) is -0.0131. The fraction of sp³-hybridized carbons (Fsp3) is 0.0345. The molecule has 0 aliphatic carbocycles. The Morgan fingerprint density at radius 2 is 0.939 bits per heavy atom. The molecular formula is C29H20O4. The highest BCUT2D eigenvalue weighted by atomic mass is 16.5. The second-order valence-electron chi connectivity index (χ2n) is 7.76. The van der Waals surface area contributed by atoms with Gasteiger partial charge in [0.25, 0.3) is 0 Å². The van der Waals surface area contributed by atoms with Crippen LogP contribution in [0.15, 0.2) is 103 Å². The molecule has 0 spiro atoms. The second kappa shape index (κ2) is 8.60. The molecule has 0 fully saturated rings. The second-order valence-corrected chi connectivity index (χ2v) is 7.76. The molecule has 5 aromatic rings. The Kier molecular flexibility index (Phi) is 5.33. The molecule has 0 unspecified atom stereocenters. The number of ether oxygens (including phenoxy) is 2. The summed E-state index contributed by atoms with van der Waals surface area (Å²) in [5, 5.41) is 2.78. The highest BCUT2D eigenvalue weighted by Gasteiger charge is 2.21. The number of rotatable bonds is 4. The van der Waals surface area contributed by atoms with Crippen LogP contribution in [-0.2, 0) is 0 Å². The molecule has 0 aliphatic heterocycles. The van der Waals surface area contributed by atoms with Gasteiger partial charge in [-0.2, -0.15) is 0 Å². The Hall–Kier alpha value is -4.44. The van der Waals surface area contributed by atoms with Crippen molar-refractivity contribution in [2.24, 2.45) is 0 Å². The van der Waals surface area contributed by atoms with Crippen molar-refractivity contribution < 1.29 is 19.1 Å². The molecule has 33 heavy (non-hydrogen) atoms. The van der Waals surface area contributed by atoms with Crippen LogP contribution in [-0.4, -0.2) is 11.9 Å². The van der Waals surface area contributed by atoms with E-state index in [0.717, 1.165) is 5.56 Å². The van der Waals surface area contributed by atoms with Gasteiger partial charge in [0.2, 0.25) is 0 Å². The maximum atomic E-state index is 12.9. The Bertz CT molecular complexity index is 1490. The van der Waals surface area contributed by atoms with Crippen LogP contribution < -0.4 is 9.47 Å². The lowest BCUT2D eigenvalue weighted by Gasteiger charge is -2.17. The summed E-state index contributed by atoms with van der Waals surface area (Å²) < 4.78 is 11.9. The molecule has 0 bridgehead atoms. The predicted octanol–water partition coefficient (Wildman–Crippen LogP) is 6.74. The fourth-order valence-electron chi connectivity index (χ4n) is 3.88. The molecule has 0 saturated carbocycles. The van der Waals surface area contributed by atoms with Gasteiger partial charge in [-0.25, -0.2) is 9.59 Å². The average Bonchev–Trinajstić information content (AvgIpc) is 2.86. The third kappa shape index (κ3) is 3.94. The van der Waals surface area contributed by atoms with Crippen molar-refractivity contribution in [1.82, 2.24) is 0 Å². The first-order valence-electron chi connectivity index (χ1n) is 10.6. The lowest BCUT2D eigenvalue weighted by molar-refractivity contribution is 0.0726. The van der Waals surface area contributed by atoms with E-state index in [1.165, 1.54) is 0 Å². The normalized spacial score (nSPS) is 10.8. The number of hydrogen-bond donors (Lipinski definition) is 0. The van der Waals surface area contributed by atoms with Crippen LogP contribution in [0.4, 0.5) is 0 Å². The SMILES string of the molecule is Cc1ccc2c(OC(=O)c3ccccc3)c3ccccc3c(OC(=O)c3ccccc3)c2c1. The van der Waals surface area contributed by atoms with E-state index in [0.29, 0.717) is 44.2 Å². The Labute approximate surface area is 191 Å². The predicted molar refractivity (Wildman–Crippen MR) is 129 cm³/mol. The van der Waals surface area contributed by atoms with Crippen molar-refractivity contribution in [2.75, 3.05) is 0 Å². The zero-order valence-corrected chi connectivity index (χ0v) is 17.9. The fourth-order valence-corrected chi connectivity index (χ4v) is 3.88. The standard InChI is InChI=1S/C29H20O4/c1-19-16-17-24-25(18-19)27(33-29(31)21-12-6-3-7-13-21)23-15-9-8-14-22(23)26(24)32-28(30)20-10-4-2-5-11-20/h2-18H,1H3. The number of carbonyl (C=O) groups is 2.